The van der Waals surface area contributed by atoms with Crippen molar-refractivity contribution in [2.75, 3.05) is 20.2 Å². The highest BCUT2D eigenvalue weighted by Gasteiger charge is 2.29. The third kappa shape index (κ3) is 3.58. The summed E-state index contributed by atoms with van der Waals surface area (Å²) in [6.07, 6.45) is 4.51. The number of methoxy groups -OCH3 is 1. The number of carboxylic acids is 1. The zero-order chi connectivity index (χ0) is 19.7. The molecule has 1 aliphatic heterocycles. The normalized spacial score (nSPS) is 16.8. The van der Waals surface area contributed by atoms with Gasteiger partial charge in [0.15, 0.2) is 0 Å². The van der Waals surface area contributed by atoms with E-state index in [0.717, 1.165) is 49.1 Å². The first kappa shape index (κ1) is 18.5. The molecular weight excluding hydrogens is 360 g/mol. The van der Waals surface area contributed by atoms with E-state index in [1.54, 1.807) is 7.11 Å². The first-order valence-corrected chi connectivity index (χ1v) is 9.67. The molecule has 28 heavy (non-hydrogen) atoms. The largest absolute Gasteiger partial charge is 0.481 e. The molecule has 3 heterocycles. The lowest BCUT2D eigenvalue weighted by atomic mass is 9.93. The van der Waals surface area contributed by atoms with Gasteiger partial charge in [-0.1, -0.05) is 0 Å². The standard InChI is InChI=1S/C20H24N4O4/c1-28-19-15(9-13-3-2-4-16(13)21-19)20(27)24-7-5-12(6-8-24)17-10-14(22-23-17)11-18(25)26/h9-10,12H,2-8,11H2,1H3,(H,22,23)(H,25,26). The summed E-state index contributed by atoms with van der Waals surface area (Å²) in [5.74, 6) is -0.278. The number of carbonyl (C=O) groups is 2. The van der Waals surface area contributed by atoms with E-state index in [4.69, 9.17) is 9.84 Å². The smallest absolute Gasteiger partial charge is 0.309 e. The fraction of sp³-hybridized carbons (Fsp3) is 0.500. The number of aryl methyl sites for hydroxylation is 2. The summed E-state index contributed by atoms with van der Waals surface area (Å²) in [7, 11) is 1.55. The lowest BCUT2D eigenvalue weighted by Crippen LogP contribution is -2.38. The Balaban J connectivity index is 1.43. The lowest BCUT2D eigenvalue weighted by Gasteiger charge is -2.31. The maximum atomic E-state index is 13.1. The van der Waals surface area contributed by atoms with Crippen LogP contribution in [0.4, 0.5) is 0 Å². The van der Waals surface area contributed by atoms with E-state index in [9.17, 15) is 9.59 Å². The van der Waals surface area contributed by atoms with Gasteiger partial charge in [-0.25, -0.2) is 4.98 Å². The van der Waals surface area contributed by atoms with Crippen LogP contribution in [-0.4, -0.2) is 57.3 Å². The summed E-state index contributed by atoms with van der Waals surface area (Å²) < 4.78 is 5.39. The highest BCUT2D eigenvalue weighted by Crippen LogP contribution is 2.31. The van der Waals surface area contributed by atoms with Crippen molar-refractivity contribution in [1.29, 1.82) is 0 Å². The van der Waals surface area contributed by atoms with Crippen molar-refractivity contribution in [2.45, 2.75) is 44.4 Å². The van der Waals surface area contributed by atoms with Crippen LogP contribution in [0.5, 0.6) is 5.88 Å². The van der Waals surface area contributed by atoms with Gasteiger partial charge >= 0.3 is 5.97 Å². The molecule has 1 aliphatic carbocycles. The summed E-state index contributed by atoms with van der Waals surface area (Å²) >= 11 is 0. The van der Waals surface area contributed by atoms with Gasteiger partial charge < -0.3 is 14.7 Å². The first-order chi connectivity index (χ1) is 13.5. The number of hydrogen-bond acceptors (Lipinski definition) is 5. The second-order valence-corrected chi connectivity index (χ2v) is 7.46. The molecule has 0 atom stereocenters. The van der Waals surface area contributed by atoms with Crippen molar-refractivity contribution in [2.24, 2.45) is 0 Å². The van der Waals surface area contributed by atoms with Crippen LogP contribution in [0, 0.1) is 0 Å². The average molecular weight is 384 g/mol. The summed E-state index contributed by atoms with van der Waals surface area (Å²) in [5, 5.41) is 15.9. The molecule has 0 bridgehead atoms. The number of ether oxygens (including phenoxy) is 1. The third-order valence-corrected chi connectivity index (χ3v) is 5.63. The predicted molar refractivity (Wildman–Crippen MR) is 101 cm³/mol. The van der Waals surface area contributed by atoms with Gasteiger partial charge in [0, 0.05) is 30.4 Å². The summed E-state index contributed by atoms with van der Waals surface area (Å²) in [6, 6.07) is 3.78. The molecule has 1 fully saturated rings. The molecule has 8 nitrogen and oxygen atoms in total. The SMILES string of the molecule is COc1nc2c(cc1C(=O)N1CCC(c3cc(CC(=O)O)[nH]n3)CC1)CCC2. The zero-order valence-corrected chi connectivity index (χ0v) is 15.9. The Morgan fingerprint density at radius 3 is 2.79 bits per heavy atom. The third-order valence-electron chi connectivity index (χ3n) is 5.63. The molecule has 0 radical (unpaired) electrons. The van der Waals surface area contributed by atoms with Crippen LogP contribution in [0.1, 0.15) is 58.2 Å². The number of carbonyl (C=O) groups excluding carboxylic acids is 1. The number of nitrogens with one attached hydrogen (secondary N) is 1. The molecule has 0 unspecified atom stereocenters. The molecule has 0 aromatic carbocycles. The Hall–Kier alpha value is -2.90. The number of aliphatic carboxylic acids is 1. The lowest BCUT2D eigenvalue weighted by molar-refractivity contribution is -0.136. The molecule has 4 rings (SSSR count). The van der Waals surface area contributed by atoms with Gasteiger partial charge in [0.1, 0.15) is 5.56 Å². The van der Waals surface area contributed by atoms with E-state index in [1.807, 2.05) is 17.0 Å². The van der Waals surface area contributed by atoms with Crippen molar-refractivity contribution in [3.05, 3.63) is 40.3 Å². The zero-order valence-electron chi connectivity index (χ0n) is 15.9. The van der Waals surface area contributed by atoms with Crippen molar-refractivity contribution < 1.29 is 19.4 Å². The van der Waals surface area contributed by atoms with Crippen molar-refractivity contribution in [1.82, 2.24) is 20.1 Å². The number of fused-ring (bicyclic) bond motifs is 1. The Bertz CT molecular complexity index is 900. The fourth-order valence-electron chi connectivity index (χ4n) is 4.15. The van der Waals surface area contributed by atoms with Gasteiger partial charge in [-0.05, 0) is 49.8 Å². The van der Waals surface area contributed by atoms with Gasteiger partial charge in [0.05, 0.1) is 19.2 Å². The maximum Gasteiger partial charge on any atom is 0.309 e. The Morgan fingerprint density at radius 2 is 2.07 bits per heavy atom. The molecular formula is C20H24N4O4. The van der Waals surface area contributed by atoms with E-state index in [2.05, 4.69) is 15.2 Å². The molecule has 0 saturated carbocycles. The molecule has 2 aliphatic rings. The number of piperidine rings is 1. The van der Waals surface area contributed by atoms with E-state index >= 15 is 0 Å². The van der Waals surface area contributed by atoms with Crippen LogP contribution in [0.3, 0.4) is 0 Å². The molecule has 148 valence electrons. The molecule has 2 aromatic rings. The quantitative estimate of drug-likeness (QED) is 0.816. The number of aromatic nitrogens is 3. The number of carboxylic acid groups (broad SMARTS) is 1. The number of likely N-dealkylation sites (tertiary alicyclic amines) is 1. The van der Waals surface area contributed by atoms with Crippen LogP contribution in [0.25, 0.3) is 0 Å². The van der Waals surface area contributed by atoms with Crippen LogP contribution < -0.4 is 4.74 Å². The molecule has 2 N–H and O–H groups in total. The minimum absolute atomic E-state index is 0.0360. The van der Waals surface area contributed by atoms with E-state index in [1.165, 1.54) is 0 Å². The van der Waals surface area contributed by atoms with Gasteiger partial charge in [0.2, 0.25) is 5.88 Å². The van der Waals surface area contributed by atoms with E-state index < -0.39 is 5.97 Å². The van der Waals surface area contributed by atoms with Gasteiger partial charge in [-0.15, -0.1) is 0 Å². The minimum atomic E-state index is -0.882. The highest BCUT2D eigenvalue weighted by molar-refractivity contribution is 5.96. The van der Waals surface area contributed by atoms with E-state index in [-0.39, 0.29) is 18.2 Å². The van der Waals surface area contributed by atoms with Crippen LogP contribution in [0.2, 0.25) is 0 Å². The Labute approximate surface area is 162 Å². The maximum absolute atomic E-state index is 13.1. The summed E-state index contributed by atoms with van der Waals surface area (Å²) in [4.78, 5) is 30.3. The van der Waals surface area contributed by atoms with Crippen molar-refractivity contribution >= 4 is 11.9 Å². The van der Waals surface area contributed by atoms with Gasteiger partial charge in [-0.3, -0.25) is 14.7 Å². The van der Waals surface area contributed by atoms with Crippen LogP contribution >= 0.6 is 0 Å². The number of pyridine rings is 1. The second kappa shape index (κ2) is 7.61. The Morgan fingerprint density at radius 1 is 1.29 bits per heavy atom. The van der Waals surface area contributed by atoms with Gasteiger partial charge in [0.25, 0.3) is 5.91 Å². The molecule has 1 amide bonds. The first-order valence-electron chi connectivity index (χ1n) is 9.67. The number of rotatable bonds is 5. The number of H-pyrrole nitrogens is 1. The number of amides is 1. The monoisotopic (exact) mass is 384 g/mol. The summed E-state index contributed by atoms with van der Waals surface area (Å²) in [5.41, 5.74) is 4.23. The molecule has 1 saturated heterocycles. The molecule has 8 heteroatoms. The van der Waals surface area contributed by atoms with Crippen molar-refractivity contribution in [3.63, 3.8) is 0 Å². The van der Waals surface area contributed by atoms with Gasteiger partial charge in [-0.2, -0.15) is 5.10 Å². The Kier molecular flexibility index (Phi) is 5.02. The predicted octanol–water partition coefficient (Wildman–Crippen LogP) is 1.95. The fourth-order valence-corrected chi connectivity index (χ4v) is 4.15. The van der Waals surface area contributed by atoms with Crippen molar-refractivity contribution in [3.8, 4) is 5.88 Å². The average Bonchev–Trinajstić information content (AvgIpc) is 3.35. The number of hydrogen-bond donors (Lipinski definition) is 2. The molecule has 0 spiro atoms. The number of nitrogens with zero attached hydrogens (tertiary/aromatic N) is 3. The topological polar surface area (TPSA) is 108 Å². The minimum Gasteiger partial charge on any atom is -0.481 e. The highest BCUT2D eigenvalue weighted by atomic mass is 16.5. The molecule has 2 aromatic heterocycles. The van der Waals surface area contributed by atoms with E-state index in [0.29, 0.717) is 30.2 Å². The number of aromatic amines is 1. The van der Waals surface area contributed by atoms with Crippen LogP contribution in [0.15, 0.2) is 12.1 Å². The second-order valence-electron chi connectivity index (χ2n) is 7.46. The van der Waals surface area contributed by atoms with Crippen LogP contribution in [-0.2, 0) is 24.1 Å². The summed E-state index contributed by atoms with van der Waals surface area (Å²) in [6.45, 7) is 1.26.